The number of hydrogen-bond donors (Lipinski definition) is 1. The molecule has 0 amide bonds. The number of nitrogens with zero attached hydrogens (tertiary/aromatic N) is 1. The molecule has 1 heterocycles. The minimum atomic E-state index is 0.480. The minimum absolute atomic E-state index is 0.480. The molecule has 0 saturated carbocycles. The molecule has 1 aromatic carbocycles. The Bertz CT molecular complexity index is 431. The van der Waals surface area contributed by atoms with Gasteiger partial charge in [0, 0.05) is 5.39 Å². The molecule has 0 bridgehead atoms. The van der Waals surface area contributed by atoms with E-state index in [1.807, 2.05) is 25.1 Å². The Hall–Kier alpha value is -1.64. The van der Waals surface area contributed by atoms with Crippen LogP contribution in [0.5, 0.6) is 0 Å². The molecule has 60 valence electrons. The number of aromatic nitrogens is 2. The van der Waals surface area contributed by atoms with E-state index in [2.05, 4.69) is 10.2 Å². The summed E-state index contributed by atoms with van der Waals surface area (Å²) < 4.78 is 0. The van der Waals surface area contributed by atoms with E-state index >= 15 is 0 Å². The first-order valence-corrected chi connectivity index (χ1v) is 3.71. The number of aldehydes is 1. The lowest BCUT2D eigenvalue weighted by Crippen LogP contribution is -1.79. The van der Waals surface area contributed by atoms with E-state index in [9.17, 15) is 4.79 Å². The summed E-state index contributed by atoms with van der Waals surface area (Å²) in [5.74, 6) is 0. The molecule has 1 N–H and O–H groups in total. The molecule has 0 aliphatic heterocycles. The summed E-state index contributed by atoms with van der Waals surface area (Å²) in [4.78, 5) is 10.5. The predicted molar refractivity (Wildman–Crippen MR) is 46.2 cm³/mol. The zero-order chi connectivity index (χ0) is 8.55. The van der Waals surface area contributed by atoms with Crippen LogP contribution in [0.15, 0.2) is 18.2 Å². The SMILES string of the molecule is Cc1ccc2[nH]nc(C=O)c2c1. The van der Waals surface area contributed by atoms with Gasteiger partial charge >= 0.3 is 0 Å². The third kappa shape index (κ3) is 0.906. The van der Waals surface area contributed by atoms with Gasteiger partial charge in [-0.15, -0.1) is 0 Å². The molecule has 0 radical (unpaired) electrons. The van der Waals surface area contributed by atoms with Gasteiger partial charge in [0.05, 0.1) is 5.52 Å². The van der Waals surface area contributed by atoms with Gasteiger partial charge in [-0.3, -0.25) is 9.89 Å². The number of rotatable bonds is 1. The van der Waals surface area contributed by atoms with Gasteiger partial charge in [-0.25, -0.2) is 0 Å². The number of nitrogens with one attached hydrogen (secondary N) is 1. The summed E-state index contributed by atoms with van der Waals surface area (Å²) in [6.07, 6.45) is 0.762. The second-order valence-electron chi connectivity index (χ2n) is 2.78. The first-order valence-electron chi connectivity index (χ1n) is 3.71. The number of aryl methyl sites for hydroxylation is 1. The van der Waals surface area contributed by atoms with Crippen molar-refractivity contribution in [1.29, 1.82) is 0 Å². The maximum atomic E-state index is 10.5. The van der Waals surface area contributed by atoms with E-state index in [0.717, 1.165) is 22.8 Å². The number of carbonyl (C=O) groups excluding carboxylic acids is 1. The van der Waals surface area contributed by atoms with Gasteiger partial charge in [-0.1, -0.05) is 11.6 Å². The predicted octanol–water partition coefficient (Wildman–Crippen LogP) is 1.68. The van der Waals surface area contributed by atoms with Crippen molar-refractivity contribution < 1.29 is 4.79 Å². The van der Waals surface area contributed by atoms with E-state index in [-0.39, 0.29) is 0 Å². The maximum absolute atomic E-state index is 10.5. The second-order valence-corrected chi connectivity index (χ2v) is 2.78. The Morgan fingerprint density at radius 3 is 3.08 bits per heavy atom. The quantitative estimate of drug-likeness (QED) is 0.645. The lowest BCUT2D eigenvalue weighted by Gasteiger charge is -1.90. The largest absolute Gasteiger partial charge is 0.296 e. The highest BCUT2D eigenvalue weighted by Crippen LogP contribution is 2.15. The van der Waals surface area contributed by atoms with Gasteiger partial charge in [0.15, 0.2) is 6.29 Å². The molecule has 12 heavy (non-hydrogen) atoms. The summed E-state index contributed by atoms with van der Waals surface area (Å²) >= 11 is 0. The Kier molecular flexibility index (Phi) is 1.43. The monoisotopic (exact) mass is 160 g/mol. The zero-order valence-electron chi connectivity index (χ0n) is 6.66. The van der Waals surface area contributed by atoms with Crippen LogP contribution in [-0.2, 0) is 0 Å². The molecule has 0 atom stereocenters. The summed E-state index contributed by atoms with van der Waals surface area (Å²) in [5, 5.41) is 7.54. The van der Waals surface area contributed by atoms with Gasteiger partial charge in [0.2, 0.25) is 0 Å². The van der Waals surface area contributed by atoms with Crippen molar-refractivity contribution in [2.75, 3.05) is 0 Å². The third-order valence-corrected chi connectivity index (χ3v) is 1.86. The van der Waals surface area contributed by atoms with E-state index in [1.54, 1.807) is 0 Å². The van der Waals surface area contributed by atoms with Gasteiger partial charge in [-0.05, 0) is 19.1 Å². The normalized spacial score (nSPS) is 10.4. The summed E-state index contributed by atoms with van der Waals surface area (Å²) in [6.45, 7) is 1.99. The van der Waals surface area contributed by atoms with Crippen LogP contribution in [0.2, 0.25) is 0 Å². The van der Waals surface area contributed by atoms with Gasteiger partial charge < -0.3 is 0 Å². The highest BCUT2D eigenvalue weighted by Gasteiger charge is 2.02. The van der Waals surface area contributed by atoms with Gasteiger partial charge in [0.25, 0.3) is 0 Å². The standard InChI is InChI=1S/C9H8N2O/c1-6-2-3-8-7(4-6)9(5-12)11-10-8/h2-5H,1H3,(H,10,11). The van der Waals surface area contributed by atoms with Crippen molar-refractivity contribution in [1.82, 2.24) is 10.2 Å². The average molecular weight is 160 g/mol. The summed E-state index contributed by atoms with van der Waals surface area (Å²) in [7, 11) is 0. The number of fused-ring (bicyclic) bond motifs is 1. The molecule has 0 unspecified atom stereocenters. The molecule has 2 aromatic rings. The zero-order valence-corrected chi connectivity index (χ0v) is 6.66. The van der Waals surface area contributed by atoms with Crippen LogP contribution in [0, 0.1) is 6.92 Å². The van der Waals surface area contributed by atoms with Crippen LogP contribution in [0.3, 0.4) is 0 Å². The molecule has 1 aromatic heterocycles. The van der Waals surface area contributed by atoms with Crippen LogP contribution in [-0.4, -0.2) is 16.5 Å². The fourth-order valence-corrected chi connectivity index (χ4v) is 1.24. The molecule has 3 heteroatoms. The van der Waals surface area contributed by atoms with Crippen molar-refractivity contribution in [3.05, 3.63) is 29.5 Å². The molecule has 0 fully saturated rings. The number of benzene rings is 1. The number of hydrogen-bond acceptors (Lipinski definition) is 2. The molecule has 0 spiro atoms. The molecule has 3 nitrogen and oxygen atoms in total. The minimum Gasteiger partial charge on any atom is -0.296 e. The Morgan fingerprint density at radius 2 is 2.33 bits per heavy atom. The second kappa shape index (κ2) is 2.44. The molecule has 0 aliphatic rings. The average Bonchev–Trinajstić information content (AvgIpc) is 2.46. The third-order valence-electron chi connectivity index (χ3n) is 1.86. The van der Waals surface area contributed by atoms with Crippen molar-refractivity contribution >= 4 is 17.2 Å². The number of aromatic amines is 1. The van der Waals surface area contributed by atoms with Crippen molar-refractivity contribution in [2.45, 2.75) is 6.92 Å². The number of H-pyrrole nitrogens is 1. The molecule has 0 aliphatic carbocycles. The van der Waals surface area contributed by atoms with E-state index < -0.39 is 0 Å². The Morgan fingerprint density at radius 1 is 1.50 bits per heavy atom. The van der Waals surface area contributed by atoms with Gasteiger partial charge in [0.1, 0.15) is 5.69 Å². The smallest absolute Gasteiger partial charge is 0.170 e. The van der Waals surface area contributed by atoms with Crippen LogP contribution in [0.1, 0.15) is 16.1 Å². The van der Waals surface area contributed by atoms with Crippen LogP contribution in [0.25, 0.3) is 10.9 Å². The molecular formula is C9H8N2O. The van der Waals surface area contributed by atoms with Crippen LogP contribution in [0.4, 0.5) is 0 Å². The molecular weight excluding hydrogens is 152 g/mol. The van der Waals surface area contributed by atoms with Crippen LogP contribution < -0.4 is 0 Å². The maximum Gasteiger partial charge on any atom is 0.170 e. The molecule has 0 saturated heterocycles. The van der Waals surface area contributed by atoms with E-state index in [0.29, 0.717) is 5.69 Å². The fourth-order valence-electron chi connectivity index (χ4n) is 1.24. The lowest BCUT2D eigenvalue weighted by molar-refractivity contribution is 0.112. The molecule has 2 rings (SSSR count). The Balaban J connectivity index is 2.83. The topological polar surface area (TPSA) is 45.8 Å². The fraction of sp³-hybridized carbons (Fsp3) is 0.111. The van der Waals surface area contributed by atoms with E-state index in [1.165, 1.54) is 0 Å². The first-order chi connectivity index (χ1) is 5.81. The van der Waals surface area contributed by atoms with Crippen molar-refractivity contribution in [3.8, 4) is 0 Å². The van der Waals surface area contributed by atoms with Crippen molar-refractivity contribution in [3.63, 3.8) is 0 Å². The van der Waals surface area contributed by atoms with Crippen molar-refractivity contribution in [2.24, 2.45) is 0 Å². The Labute approximate surface area is 69.4 Å². The number of carbonyl (C=O) groups is 1. The van der Waals surface area contributed by atoms with E-state index in [4.69, 9.17) is 0 Å². The highest BCUT2D eigenvalue weighted by atomic mass is 16.1. The highest BCUT2D eigenvalue weighted by molar-refractivity contribution is 5.94. The lowest BCUT2D eigenvalue weighted by atomic mass is 10.1. The van der Waals surface area contributed by atoms with Gasteiger partial charge in [-0.2, -0.15) is 5.10 Å². The first kappa shape index (κ1) is 7.03. The van der Waals surface area contributed by atoms with Crippen LogP contribution >= 0.6 is 0 Å². The summed E-state index contributed by atoms with van der Waals surface area (Å²) in [5.41, 5.74) is 2.52. The summed E-state index contributed by atoms with van der Waals surface area (Å²) in [6, 6.07) is 5.85.